The fourth-order valence-corrected chi connectivity index (χ4v) is 1.74. The zero-order chi connectivity index (χ0) is 10.8. The Morgan fingerprint density at radius 1 is 1.67 bits per heavy atom. The van der Waals surface area contributed by atoms with Gasteiger partial charge in [0.25, 0.3) is 0 Å². The lowest BCUT2D eigenvalue weighted by atomic mass is 10.3. The van der Waals surface area contributed by atoms with Crippen LogP contribution in [0.5, 0.6) is 0 Å². The lowest BCUT2D eigenvalue weighted by Crippen LogP contribution is -2.07. The number of nitrogens with one attached hydrogen (secondary N) is 1. The highest BCUT2D eigenvalue weighted by atomic mass is 79.9. The summed E-state index contributed by atoms with van der Waals surface area (Å²) in [6.45, 7) is 0.915. The van der Waals surface area contributed by atoms with Gasteiger partial charge in [-0.2, -0.15) is 0 Å². The van der Waals surface area contributed by atoms with Crippen molar-refractivity contribution in [1.82, 2.24) is 4.98 Å². The zero-order valence-corrected chi connectivity index (χ0v) is 9.62. The molecule has 1 heterocycles. The van der Waals surface area contributed by atoms with Crippen molar-refractivity contribution < 1.29 is 9.90 Å². The predicted molar refractivity (Wildman–Crippen MR) is 60.1 cm³/mol. The van der Waals surface area contributed by atoms with Gasteiger partial charge in [-0.3, -0.25) is 0 Å². The van der Waals surface area contributed by atoms with Crippen molar-refractivity contribution in [3.05, 3.63) is 22.3 Å². The van der Waals surface area contributed by atoms with E-state index in [1.807, 2.05) is 0 Å². The summed E-state index contributed by atoms with van der Waals surface area (Å²) in [5, 5.41) is 11.9. The standard InChI is InChI=1S/C10H11BrN2O2/c11-8-3-7(10(14)15)5-13-9(8)12-4-6-1-2-6/h3,5-6H,1-2,4H2,(H,12,13)(H,14,15). The zero-order valence-electron chi connectivity index (χ0n) is 8.03. The molecule has 2 N–H and O–H groups in total. The first kappa shape index (κ1) is 10.4. The Kier molecular flexibility index (Phi) is 2.90. The number of anilines is 1. The lowest BCUT2D eigenvalue weighted by Gasteiger charge is -2.06. The second-order valence-corrected chi connectivity index (χ2v) is 4.54. The average Bonchev–Trinajstić information content (AvgIpc) is 2.99. The molecule has 0 unspecified atom stereocenters. The van der Waals surface area contributed by atoms with Crippen LogP contribution in [-0.2, 0) is 0 Å². The SMILES string of the molecule is O=C(O)c1cnc(NCC2CC2)c(Br)c1. The Balaban J connectivity index is 2.07. The van der Waals surface area contributed by atoms with E-state index < -0.39 is 5.97 Å². The summed E-state index contributed by atoms with van der Waals surface area (Å²) in [6, 6.07) is 1.56. The minimum Gasteiger partial charge on any atom is -0.478 e. The van der Waals surface area contributed by atoms with Crippen molar-refractivity contribution in [3.63, 3.8) is 0 Å². The van der Waals surface area contributed by atoms with Crippen molar-refractivity contribution in [2.45, 2.75) is 12.8 Å². The highest BCUT2D eigenvalue weighted by Crippen LogP contribution is 2.30. The number of rotatable bonds is 4. The van der Waals surface area contributed by atoms with Gasteiger partial charge >= 0.3 is 5.97 Å². The number of nitrogens with zero attached hydrogens (tertiary/aromatic N) is 1. The maximum Gasteiger partial charge on any atom is 0.337 e. The molecule has 15 heavy (non-hydrogen) atoms. The third-order valence-corrected chi connectivity index (χ3v) is 2.95. The molecular weight excluding hydrogens is 260 g/mol. The number of carboxylic acid groups (broad SMARTS) is 1. The molecule has 1 aromatic rings. The maximum absolute atomic E-state index is 10.7. The monoisotopic (exact) mass is 270 g/mol. The number of aromatic carboxylic acids is 1. The van der Waals surface area contributed by atoms with Crippen molar-refractivity contribution in [2.24, 2.45) is 5.92 Å². The Hall–Kier alpha value is -1.10. The second kappa shape index (κ2) is 4.18. The Morgan fingerprint density at radius 3 is 2.93 bits per heavy atom. The van der Waals surface area contributed by atoms with Crippen LogP contribution in [0.1, 0.15) is 23.2 Å². The number of aromatic nitrogens is 1. The molecule has 4 nitrogen and oxygen atoms in total. The Morgan fingerprint density at radius 2 is 2.40 bits per heavy atom. The smallest absolute Gasteiger partial charge is 0.337 e. The van der Waals surface area contributed by atoms with Gasteiger partial charge in [0.05, 0.1) is 10.0 Å². The van der Waals surface area contributed by atoms with Crippen molar-refractivity contribution in [1.29, 1.82) is 0 Å². The van der Waals surface area contributed by atoms with Crippen LogP contribution < -0.4 is 5.32 Å². The minimum atomic E-state index is -0.961. The van der Waals surface area contributed by atoms with Crippen LogP contribution in [0.25, 0.3) is 0 Å². The topological polar surface area (TPSA) is 62.2 Å². The van der Waals surface area contributed by atoms with Crippen LogP contribution in [0.4, 0.5) is 5.82 Å². The van der Waals surface area contributed by atoms with Crippen LogP contribution in [0.15, 0.2) is 16.7 Å². The number of hydrogen-bond donors (Lipinski definition) is 2. The summed E-state index contributed by atoms with van der Waals surface area (Å²) in [6.07, 6.45) is 3.91. The quantitative estimate of drug-likeness (QED) is 0.882. The highest BCUT2D eigenvalue weighted by molar-refractivity contribution is 9.10. The lowest BCUT2D eigenvalue weighted by molar-refractivity contribution is 0.0696. The first-order chi connectivity index (χ1) is 7.16. The van der Waals surface area contributed by atoms with E-state index in [2.05, 4.69) is 26.2 Å². The second-order valence-electron chi connectivity index (χ2n) is 3.68. The van der Waals surface area contributed by atoms with Gasteiger partial charge in [-0.15, -0.1) is 0 Å². The van der Waals surface area contributed by atoms with Crippen LogP contribution in [0, 0.1) is 5.92 Å². The van der Waals surface area contributed by atoms with E-state index in [4.69, 9.17) is 5.11 Å². The normalized spacial score (nSPS) is 15.0. The Labute approximate surface area is 95.8 Å². The molecule has 0 aliphatic heterocycles. The van der Waals surface area contributed by atoms with E-state index in [1.165, 1.54) is 19.0 Å². The first-order valence-electron chi connectivity index (χ1n) is 4.79. The van der Waals surface area contributed by atoms with E-state index in [-0.39, 0.29) is 5.56 Å². The molecule has 1 fully saturated rings. The van der Waals surface area contributed by atoms with Gasteiger partial charge < -0.3 is 10.4 Å². The molecule has 1 aliphatic rings. The van der Waals surface area contributed by atoms with E-state index in [0.717, 1.165) is 12.5 Å². The fraction of sp³-hybridized carbons (Fsp3) is 0.400. The predicted octanol–water partition coefficient (Wildman–Crippen LogP) is 2.36. The van der Waals surface area contributed by atoms with E-state index in [0.29, 0.717) is 10.3 Å². The van der Waals surface area contributed by atoms with Gasteiger partial charge in [0.2, 0.25) is 0 Å². The molecule has 1 aromatic heterocycles. The number of hydrogen-bond acceptors (Lipinski definition) is 3. The number of carboxylic acids is 1. The van der Waals surface area contributed by atoms with Crippen LogP contribution in [0.3, 0.4) is 0 Å². The van der Waals surface area contributed by atoms with Crippen LogP contribution >= 0.6 is 15.9 Å². The molecule has 0 spiro atoms. The molecule has 0 atom stereocenters. The summed E-state index contributed by atoms with van der Waals surface area (Å²) in [4.78, 5) is 14.7. The van der Waals surface area contributed by atoms with Crippen molar-refractivity contribution >= 4 is 27.7 Å². The highest BCUT2D eigenvalue weighted by Gasteiger charge is 2.21. The summed E-state index contributed by atoms with van der Waals surface area (Å²) in [7, 11) is 0. The number of carbonyl (C=O) groups is 1. The summed E-state index contributed by atoms with van der Waals surface area (Å²) >= 11 is 3.30. The van der Waals surface area contributed by atoms with Crippen molar-refractivity contribution in [2.75, 3.05) is 11.9 Å². The van der Waals surface area contributed by atoms with Gasteiger partial charge in [0.15, 0.2) is 0 Å². The number of pyridine rings is 1. The van der Waals surface area contributed by atoms with Gasteiger partial charge in [-0.05, 0) is 40.8 Å². The Bertz CT molecular complexity index is 391. The van der Waals surface area contributed by atoms with E-state index in [1.54, 1.807) is 6.07 Å². The van der Waals surface area contributed by atoms with Crippen LogP contribution in [-0.4, -0.2) is 22.6 Å². The molecule has 0 amide bonds. The molecule has 0 radical (unpaired) electrons. The van der Waals surface area contributed by atoms with Gasteiger partial charge in [-0.1, -0.05) is 0 Å². The molecule has 80 valence electrons. The van der Waals surface area contributed by atoms with E-state index in [9.17, 15) is 4.79 Å². The molecule has 0 bridgehead atoms. The van der Waals surface area contributed by atoms with Gasteiger partial charge in [0, 0.05) is 12.7 Å². The van der Waals surface area contributed by atoms with Crippen molar-refractivity contribution in [3.8, 4) is 0 Å². The summed E-state index contributed by atoms with van der Waals surface area (Å²) < 4.78 is 0.697. The molecule has 2 rings (SSSR count). The number of halogens is 1. The minimum absolute atomic E-state index is 0.193. The molecule has 0 aromatic carbocycles. The largest absolute Gasteiger partial charge is 0.478 e. The molecule has 1 saturated carbocycles. The third kappa shape index (κ3) is 2.68. The average molecular weight is 271 g/mol. The summed E-state index contributed by atoms with van der Waals surface area (Å²) in [5.41, 5.74) is 0.193. The maximum atomic E-state index is 10.7. The molecular formula is C10H11BrN2O2. The fourth-order valence-electron chi connectivity index (χ4n) is 1.25. The van der Waals surface area contributed by atoms with Gasteiger partial charge in [0.1, 0.15) is 5.82 Å². The third-order valence-electron chi connectivity index (χ3n) is 2.34. The first-order valence-corrected chi connectivity index (χ1v) is 5.59. The molecule has 0 saturated heterocycles. The summed E-state index contributed by atoms with van der Waals surface area (Å²) in [5.74, 6) is 0.515. The van der Waals surface area contributed by atoms with E-state index >= 15 is 0 Å². The molecule has 1 aliphatic carbocycles. The van der Waals surface area contributed by atoms with Gasteiger partial charge in [-0.25, -0.2) is 9.78 Å². The molecule has 5 heteroatoms. The van der Waals surface area contributed by atoms with Crippen LogP contribution in [0.2, 0.25) is 0 Å².